The van der Waals surface area contributed by atoms with Crippen molar-refractivity contribution in [3.05, 3.63) is 20.8 Å². The molecule has 0 atom stereocenters. The van der Waals surface area contributed by atoms with E-state index in [-0.39, 0.29) is 5.41 Å². The monoisotopic (exact) mass is 285 g/mol. The zero-order valence-electron chi connectivity index (χ0n) is 8.33. The minimum absolute atomic E-state index is 0.192. The SMILES string of the molecule is N#CC1(Cc2cc(Br)cs2)CCOCC1. The first kappa shape index (κ1) is 11.1. The molecule has 0 spiro atoms. The first-order valence-corrected chi connectivity index (χ1v) is 6.63. The zero-order valence-corrected chi connectivity index (χ0v) is 10.7. The van der Waals surface area contributed by atoms with Crippen LogP contribution in [0, 0.1) is 16.7 Å². The lowest BCUT2D eigenvalue weighted by Crippen LogP contribution is -2.29. The number of hydrogen-bond donors (Lipinski definition) is 0. The van der Waals surface area contributed by atoms with Gasteiger partial charge >= 0.3 is 0 Å². The first-order valence-electron chi connectivity index (χ1n) is 4.96. The normalized spacial score (nSPS) is 19.7. The highest BCUT2D eigenvalue weighted by Crippen LogP contribution is 2.35. The topological polar surface area (TPSA) is 33.0 Å². The van der Waals surface area contributed by atoms with Crippen LogP contribution in [0.3, 0.4) is 0 Å². The van der Waals surface area contributed by atoms with E-state index in [4.69, 9.17) is 4.74 Å². The number of nitriles is 1. The van der Waals surface area contributed by atoms with Crippen molar-refractivity contribution in [2.24, 2.45) is 5.41 Å². The molecule has 1 aliphatic heterocycles. The summed E-state index contributed by atoms with van der Waals surface area (Å²) in [4.78, 5) is 1.28. The molecule has 0 aliphatic carbocycles. The second-order valence-corrected chi connectivity index (χ2v) is 5.82. The molecule has 0 N–H and O–H groups in total. The minimum Gasteiger partial charge on any atom is -0.381 e. The lowest BCUT2D eigenvalue weighted by molar-refractivity contribution is 0.0409. The number of nitrogens with zero attached hydrogens (tertiary/aromatic N) is 1. The van der Waals surface area contributed by atoms with Crippen molar-refractivity contribution in [1.82, 2.24) is 0 Å². The molecular weight excluding hydrogens is 274 g/mol. The highest BCUT2D eigenvalue weighted by molar-refractivity contribution is 9.10. The summed E-state index contributed by atoms with van der Waals surface area (Å²) in [5, 5.41) is 11.4. The third-order valence-electron chi connectivity index (χ3n) is 2.82. The molecule has 0 saturated carbocycles. The van der Waals surface area contributed by atoms with Crippen LogP contribution in [0.1, 0.15) is 17.7 Å². The fourth-order valence-corrected chi connectivity index (χ4v) is 3.47. The highest BCUT2D eigenvalue weighted by Gasteiger charge is 2.33. The Morgan fingerprint density at radius 3 is 2.80 bits per heavy atom. The van der Waals surface area contributed by atoms with Gasteiger partial charge in [-0.05, 0) is 34.8 Å². The lowest BCUT2D eigenvalue weighted by Gasteiger charge is -2.30. The Kier molecular flexibility index (Phi) is 3.45. The zero-order chi connectivity index (χ0) is 10.7. The molecule has 2 nitrogen and oxygen atoms in total. The van der Waals surface area contributed by atoms with Gasteiger partial charge in [0.05, 0.1) is 11.5 Å². The molecule has 0 amide bonds. The van der Waals surface area contributed by atoms with Gasteiger partial charge in [-0.25, -0.2) is 0 Å². The number of hydrogen-bond acceptors (Lipinski definition) is 3. The van der Waals surface area contributed by atoms with Crippen LogP contribution in [0.25, 0.3) is 0 Å². The molecule has 4 heteroatoms. The number of thiophene rings is 1. The van der Waals surface area contributed by atoms with Crippen LogP contribution < -0.4 is 0 Å². The largest absolute Gasteiger partial charge is 0.381 e. The summed E-state index contributed by atoms with van der Waals surface area (Å²) in [6.45, 7) is 1.44. The molecule has 0 bridgehead atoms. The quantitative estimate of drug-likeness (QED) is 0.835. The van der Waals surface area contributed by atoms with Gasteiger partial charge in [-0.1, -0.05) is 0 Å². The summed E-state index contributed by atoms with van der Waals surface area (Å²) in [5.41, 5.74) is -0.192. The molecule has 1 saturated heterocycles. The Bertz CT molecular complexity index is 376. The molecular formula is C11H12BrNOS. The Balaban J connectivity index is 2.11. The van der Waals surface area contributed by atoms with Crippen molar-refractivity contribution in [3.8, 4) is 6.07 Å². The number of halogens is 1. The Morgan fingerprint density at radius 2 is 2.27 bits per heavy atom. The molecule has 0 radical (unpaired) electrons. The lowest BCUT2D eigenvalue weighted by atomic mass is 9.78. The van der Waals surface area contributed by atoms with Crippen molar-refractivity contribution in [3.63, 3.8) is 0 Å². The number of rotatable bonds is 2. The molecule has 1 aromatic rings. The third kappa shape index (κ3) is 2.60. The fourth-order valence-electron chi connectivity index (χ4n) is 1.87. The van der Waals surface area contributed by atoms with Crippen molar-refractivity contribution < 1.29 is 4.74 Å². The van der Waals surface area contributed by atoms with Crippen LogP contribution in [0.4, 0.5) is 0 Å². The molecule has 80 valence electrons. The van der Waals surface area contributed by atoms with Gasteiger partial charge in [0, 0.05) is 34.4 Å². The average Bonchev–Trinajstić information content (AvgIpc) is 2.65. The van der Waals surface area contributed by atoms with Crippen LogP contribution in [-0.4, -0.2) is 13.2 Å². The Labute approximate surface area is 102 Å². The third-order valence-corrected chi connectivity index (χ3v) is 4.52. The highest BCUT2D eigenvalue weighted by atomic mass is 79.9. The van der Waals surface area contributed by atoms with E-state index in [1.165, 1.54) is 4.88 Å². The number of ether oxygens (including phenoxy) is 1. The van der Waals surface area contributed by atoms with Crippen LogP contribution >= 0.6 is 27.3 Å². The predicted molar refractivity (Wildman–Crippen MR) is 63.8 cm³/mol. The van der Waals surface area contributed by atoms with Crippen molar-refractivity contribution in [1.29, 1.82) is 5.26 Å². The standard InChI is InChI=1S/C11H12BrNOS/c12-9-5-10(15-7-9)6-11(8-13)1-3-14-4-2-11/h5,7H,1-4,6H2. The molecule has 2 heterocycles. The van der Waals surface area contributed by atoms with Gasteiger partial charge in [0.15, 0.2) is 0 Å². The van der Waals surface area contributed by atoms with Gasteiger partial charge in [0.1, 0.15) is 0 Å². The maximum atomic E-state index is 9.30. The summed E-state index contributed by atoms with van der Waals surface area (Å²) in [6.07, 6.45) is 2.58. The van der Waals surface area contributed by atoms with Crippen LogP contribution in [0.5, 0.6) is 0 Å². The molecule has 1 aliphatic rings. The summed E-state index contributed by atoms with van der Waals surface area (Å²) in [7, 11) is 0. The van der Waals surface area contributed by atoms with E-state index in [1.54, 1.807) is 11.3 Å². The van der Waals surface area contributed by atoms with Gasteiger partial charge in [-0.15, -0.1) is 11.3 Å². The first-order chi connectivity index (χ1) is 7.24. The van der Waals surface area contributed by atoms with E-state index in [9.17, 15) is 5.26 Å². The second-order valence-electron chi connectivity index (χ2n) is 3.91. The molecule has 1 aromatic heterocycles. The second kappa shape index (κ2) is 4.65. The maximum Gasteiger partial charge on any atom is 0.0695 e. The smallest absolute Gasteiger partial charge is 0.0695 e. The molecule has 15 heavy (non-hydrogen) atoms. The van der Waals surface area contributed by atoms with Gasteiger partial charge in [0.25, 0.3) is 0 Å². The molecule has 1 fully saturated rings. The van der Waals surface area contributed by atoms with E-state index in [0.29, 0.717) is 0 Å². The van der Waals surface area contributed by atoms with Crippen LogP contribution in [-0.2, 0) is 11.2 Å². The molecule has 0 unspecified atom stereocenters. The Hall–Kier alpha value is -0.370. The van der Waals surface area contributed by atoms with E-state index in [1.807, 2.05) is 0 Å². The maximum absolute atomic E-state index is 9.30. The van der Waals surface area contributed by atoms with Gasteiger partial charge in [-0.2, -0.15) is 5.26 Å². The Morgan fingerprint density at radius 1 is 1.53 bits per heavy atom. The minimum atomic E-state index is -0.192. The van der Waals surface area contributed by atoms with E-state index < -0.39 is 0 Å². The predicted octanol–water partition coefficient (Wildman–Crippen LogP) is 3.37. The summed E-state index contributed by atoms with van der Waals surface area (Å²) in [6, 6.07) is 4.60. The van der Waals surface area contributed by atoms with E-state index in [2.05, 4.69) is 33.4 Å². The van der Waals surface area contributed by atoms with E-state index in [0.717, 1.165) is 36.9 Å². The van der Waals surface area contributed by atoms with Crippen molar-refractivity contribution in [2.45, 2.75) is 19.3 Å². The van der Waals surface area contributed by atoms with Crippen LogP contribution in [0.2, 0.25) is 0 Å². The summed E-state index contributed by atoms with van der Waals surface area (Å²) >= 11 is 5.16. The van der Waals surface area contributed by atoms with E-state index >= 15 is 0 Å². The average molecular weight is 286 g/mol. The fraction of sp³-hybridized carbons (Fsp3) is 0.545. The van der Waals surface area contributed by atoms with Gasteiger partial charge < -0.3 is 4.74 Å². The summed E-state index contributed by atoms with van der Waals surface area (Å²) in [5.74, 6) is 0. The van der Waals surface area contributed by atoms with Crippen LogP contribution in [0.15, 0.2) is 15.9 Å². The van der Waals surface area contributed by atoms with Crippen molar-refractivity contribution >= 4 is 27.3 Å². The molecule has 0 aromatic carbocycles. The molecule has 2 rings (SSSR count). The summed E-state index contributed by atoms with van der Waals surface area (Å²) < 4.78 is 6.43. The van der Waals surface area contributed by atoms with Crippen molar-refractivity contribution in [2.75, 3.05) is 13.2 Å². The van der Waals surface area contributed by atoms with Gasteiger partial charge in [-0.3, -0.25) is 0 Å². The van der Waals surface area contributed by atoms with Gasteiger partial charge in [0.2, 0.25) is 0 Å².